The van der Waals surface area contributed by atoms with E-state index in [1.165, 1.54) is 0 Å². The number of ether oxygens (including phenoxy) is 2. The third-order valence-electron chi connectivity index (χ3n) is 5.64. The first-order chi connectivity index (χ1) is 13.3. The van der Waals surface area contributed by atoms with E-state index in [9.17, 15) is 4.79 Å². The van der Waals surface area contributed by atoms with Gasteiger partial charge in [0.05, 0.1) is 5.56 Å². The molecule has 2 aliphatic rings. The highest BCUT2D eigenvalue weighted by molar-refractivity contribution is 5.69. The van der Waals surface area contributed by atoms with Gasteiger partial charge in [0.25, 0.3) is 0 Å². The Morgan fingerprint density at radius 2 is 1.89 bits per heavy atom. The molecule has 2 fully saturated rings. The Labute approximate surface area is 168 Å². The van der Waals surface area contributed by atoms with E-state index < -0.39 is 5.60 Å². The van der Waals surface area contributed by atoms with E-state index in [0.717, 1.165) is 32.2 Å². The van der Waals surface area contributed by atoms with Crippen LogP contribution in [0.15, 0.2) is 24.3 Å². The number of hydrogen-bond acceptors (Lipinski definition) is 5. The van der Waals surface area contributed by atoms with Gasteiger partial charge in [0, 0.05) is 24.7 Å². The fourth-order valence-electron chi connectivity index (χ4n) is 4.29. The van der Waals surface area contributed by atoms with E-state index in [-0.39, 0.29) is 18.2 Å². The van der Waals surface area contributed by atoms with Gasteiger partial charge in [0.1, 0.15) is 24.0 Å². The molecule has 3 rings (SSSR count). The van der Waals surface area contributed by atoms with E-state index in [4.69, 9.17) is 14.7 Å². The maximum absolute atomic E-state index is 12.6. The van der Waals surface area contributed by atoms with Gasteiger partial charge in [-0.15, -0.1) is 0 Å². The Hall–Kier alpha value is -2.26. The number of likely N-dealkylation sites (N-methyl/N-ethyl adjacent to an activating group) is 1. The molecule has 0 spiro atoms. The smallest absolute Gasteiger partial charge is 0.410 e. The molecule has 0 N–H and O–H groups in total. The van der Waals surface area contributed by atoms with Crippen LogP contribution in [0.4, 0.5) is 4.79 Å². The van der Waals surface area contributed by atoms with Crippen molar-refractivity contribution in [3.63, 3.8) is 0 Å². The first-order valence-corrected chi connectivity index (χ1v) is 10.1. The topological polar surface area (TPSA) is 65.8 Å². The maximum Gasteiger partial charge on any atom is 0.410 e. The monoisotopic (exact) mass is 385 g/mol. The summed E-state index contributed by atoms with van der Waals surface area (Å²) in [6.07, 6.45) is 3.89. The van der Waals surface area contributed by atoms with Gasteiger partial charge in [0.2, 0.25) is 0 Å². The number of hydrogen-bond donors (Lipinski definition) is 0. The molecule has 6 heteroatoms. The van der Waals surface area contributed by atoms with E-state index in [2.05, 4.69) is 18.0 Å². The molecule has 0 radical (unpaired) electrons. The maximum atomic E-state index is 12.6. The van der Waals surface area contributed by atoms with Crippen molar-refractivity contribution in [3.8, 4) is 11.8 Å². The van der Waals surface area contributed by atoms with Crippen LogP contribution in [0.3, 0.4) is 0 Å². The third kappa shape index (κ3) is 4.77. The molecule has 3 atom stereocenters. The number of nitrogens with zero attached hydrogens (tertiary/aromatic N) is 3. The van der Waals surface area contributed by atoms with Crippen LogP contribution in [0.2, 0.25) is 0 Å². The minimum Gasteiger partial charge on any atom is -0.491 e. The fourth-order valence-corrected chi connectivity index (χ4v) is 4.29. The highest BCUT2D eigenvalue weighted by atomic mass is 16.6. The summed E-state index contributed by atoms with van der Waals surface area (Å²) in [7, 11) is 2.12. The molecular formula is C22H31N3O3. The van der Waals surface area contributed by atoms with Crippen LogP contribution < -0.4 is 4.74 Å². The SMILES string of the molecule is CN(CCOc1ccccc1C#N)C1C[C@H]2CC[C@@H](C1)N2C(=O)OC(C)(C)C. The summed E-state index contributed by atoms with van der Waals surface area (Å²) in [5.74, 6) is 0.637. The van der Waals surface area contributed by atoms with E-state index in [0.29, 0.717) is 24.0 Å². The zero-order valence-electron chi connectivity index (χ0n) is 17.4. The van der Waals surface area contributed by atoms with Crippen molar-refractivity contribution in [2.24, 2.45) is 0 Å². The lowest BCUT2D eigenvalue weighted by molar-refractivity contribution is -0.00292. The number of nitriles is 1. The normalized spacial score (nSPS) is 24.1. The number of para-hydroxylation sites is 1. The Balaban J connectivity index is 1.51. The van der Waals surface area contributed by atoms with Crippen LogP contribution in [-0.4, -0.2) is 59.8 Å². The molecule has 0 saturated carbocycles. The Bertz CT molecular complexity index is 723. The molecule has 1 amide bonds. The van der Waals surface area contributed by atoms with Crippen molar-refractivity contribution >= 4 is 6.09 Å². The van der Waals surface area contributed by atoms with Gasteiger partial charge in [-0.3, -0.25) is 4.90 Å². The molecule has 28 heavy (non-hydrogen) atoms. The van der Waals surface area contributed by atoms with Gasteiger partial charge in [-0.1, -0.05) is 12.1 Å². The summed E-state index contributed by atoms with van der Waals surface area (Å²) >= 11 is 0. The van der Waals surface area contributed by atoms with Crippen molar-refractivity contribution in [2.45, 2.75) is 70.2 Å². The fraction of sp³-hybridized carbons (Fsp3) is 0.636. The van der Waals surface area contributed by atoms with Crippen molar-refractivity contribution < 1.29 is 14.3 Å². The van der Waals surface area contributed by atoms with Crippen molar-refractivity contribution in [2.75, 3.05) is 20.2 Å². The van der Waals surface area contributed by atoms with Gasteiger partial charge in [0.15, 0.2) is 0 Å². The molecule has 152 valence electrons. The molecule has 1 unspecified atom stereocenters. The van der Waals surface area contributed by atoms with Crippen LogP contribution in [0, 0.1) is 11.3 Å². The number of amides is 1. The second kappa shape index (κ2) is 8.40. The Morgan fingerprint density at radius 1 is 1.25 bits per heavy atom. The van der Waals surface area contributed by atoms with Gasteiger partial charge in [-0.05, 0) is 65.6 Å². The zero-order chi connectivity index (χ0) is 20.3. The minimum atomic E-state index is -0.457. The Morgan fingerprint density at radius 3 is 2.50 bits per heavy atom. The standard InChI is InChI=1S/C22H31N3O3/c1-22(2,3)28-21(26)25-17-9-10-18(25)14-19(13-17)24(4)11-12-27-20-8-6-5-7-16(20)15-23/h5-8,17-19H,9-14H2,1-4H3/t17-,18+,19?. The molecule has 2 heterocycles. The highest BCUT2D eigenvalue weighted by Gasteiger charge is 2.45. The molecule has 1 aromatic rings. The molecule has 2 bridgehead atoms. The average molecular weight is 386 g/mol. The summed E-state index contributed by atoms with van der Waals surface area (Å²) in [4.78, 5) is 16.9. The van der Waals surface area contributed by atoms with E-state index >= 15 is 0 Å². The molecular weight excluding hydrogens is 354 g/mol. The lowest BCUT2D eigenvalue weighted by Gasteiger charge is -2.42. The first-order valence-electron chi connectivity index (χ1n) is 10.1. The molecule has 6 nitrogen and oxygen atoms in total. The summed E-state index contributed by atoms with van der Waals surface area (Å²) in [6.45, 7) is 7.07. The quantitative estimate of drug-likeness (QED) is 0.771. The number of fused-ring (bicyclic) bond motifs is 2. The van der Waals surface area contributed by atoms with Crippen molar-refractivity contribution in [3.05, 3.63) is 29.8 Å². The summed E-state index contributed by atoms with van der Waals surface area (Å²) < 4.78 is 11.4. The highest BCUT2D eigenvalue weighted by Crippen LogP contribution is 2.38. The molecule has 1 aromatic carbocycles. The molecule has 0 aromatic heterocycles. The van der Waals surface area contributed by atoms with Crippen LogP contribution in [0.5, 0.6) is 5.75 Å². The zero-order valence-corrected chi connectivity index (χ0v) is 17.4. The number of carbonyl (C=O) groups excluding carboxylic acids is 1. The molecule has 0 aliphatic carbocycles. The largest absolute Gasteiger partial charge is 0.491 e. The third-order valence-corrected chi connectivity index (χ3v) is 5.64. The van der Waals surface area contributed by atoms with Gasteiger partial charge < -0.3 is 14.4 Å². The van der Waals surface area contributed by atoms with E-state index in [1.807, 2.05) is 43.9 Å². The van der Waals surface area contributed by atoms with Gasteiger partial charge in [-0.2, -0.15) is 5.26 Å². The lowest BCUT2D eigenvalue weighted by atomic mass is 9.96. The second-order valence-corrected chi connectivity index (χ2v) is 8.83. The second-order valence-electron chi connectivity index (χ2n) is 8.83. The van der Waals surface area contributed by atoms with Crippen LogP contribution in [-0.2, 0) is 4.74 Å². The number of carbonyl (C=O) groups is 1. The minimum absolute atomic E-state index is 0.169. The predicted octanol–water partition coefficient (Wildman–Crippen LogP) is 3.80. The van der Waals surface area contributed by atoms with Crippen LogP contribution in [0.1, 0.15) is 52.0 Å². The summed E-state index contributed by atoms with van der Waals surface area (Å²) in [6, 6.07) is 10.4. The number of benzene rings is 1. The predicted molar refractivity (Wildman–Crippen MR) is 107 cm³/mol. The van der Waals surface area contributed by atoms with Crippen LogP contribution in [0.25, 0.3) is 0 Å². The number of rotatable bonds is 5. The van der Waals surface area contributed by atoms with Gasteiger partial charge in [-0.25, -0.2) is 4.79 Å². The summed E-state index contributed by atoms with van der Waals surface area (Å²) in [5.41, 5.74) is 0.107. The van der Waals surface area contributed by atoms with Gasteiger partial charge >= 0.3 is 6.09 Å². The Kier molecular flexibility index (Phi) is 6.14. The van der Waals surface area contributed by atoms with Crippen molar-refractivity contribution in [1.82, 2.24) is 9.80 Å². The number of piperidine rings is 1. The first kappa shape index (κ1) is 20.5. The van der Waals surface area contributed by atoms with E-state index in [1.54, 1.807) is 6.07 Å². The van der Waals surface area contributed by atoms with Crippen molar-refractivity contribution in [1.29, 1.82) is 5.26 Å². The lowest BCUT2D eigenvalue weighted by Crippen LogP contribution is -2.53. The molecule has 2 aliphatic heterocycles. The average Bonchev–Trinajstić information content (AvgIpc) is 2.90. The molecule has 2 saturated heterocycles. The summed E-state index contributed by atoms with van der Waals surface area (Å²) in [5, 5.41) is 9.15. The van der Waals surface area contributed by atoms with Crippen LogP contribution >= 0.6 is 0 Å².